The molecule has 0 aliphatic carbocycles. The molecule has 1 amide bonds. The molecule has 0 spiro atoms. The minimum absolute atomic E-state index is 0.0685. The van der Waals surface area contributed by atoms with Crippen LogP contribution < -0.4 is 5.73 Å². The zero-order valence-electron chi connectivity index (χ0n) is 13.2. The van der Waals surface area contributed by atoms with E-state index in [1.165, 1.54) is 5.56 Å². The SMILES string of the molecule is CCN(C[C@H]1CCN(Cc2ccccc2)C1)C(=O)[C@H](C)N. The Bertz CT molecular complexity index is 447. The summed E-state index contributed by atoms with van der Waals surface area (Å²) < 4.78 is 0. The number of likely N-dealkylation sites (N-methyl/N-ethyl adjacent to an activating group) is 1. The van der Waals surface area contributed by atoms with Gasteiger partial charge in [0.2, 0.25) is 5.91 Å². The Kier molecular flexibility index (Phi) is 5.76. The molecule has 0 saturated carbocycles. The van der Waals surface area contributed by atoms with Crippen molar-refractivity contribution in [1.82, 2.24) is 9.80 Å². The van der Waals surface area contributed by atoms with Crippen molar-refractivity contribution >= 4 is 5.91 Å². The van der Waals surface area contributed by atoms with Crippen LogP contribution in [0.1, 0.15) is 25.8 Å². The Morgan fingerprint density at radius 2 is 2.14 bits per heavy atom. The van der Waals surface area contributed by atoms with Crippen LogP contribution in [-0.2, 0) is 11.3 Å². The molecule has 21 heavy (non-hydrogen) atoms. The highest BCUT2D eigenvalue weighted by Crippen LogP contribution is 2.20. The number of carbonyl (C=O) groups excluding carboxylic acids is 1. The predicted octanol–water partition coefficient (Wildman–Crippen LogP) is 1.70. The fraction of sp³-hybridized carbons (Fsp3) is 0.588. The number of nitrogens with zero attached hydrogens (tertiary/aromatic N) is 2. The smallest absolute Gasteiger partial charge is 0.239 e. The highest BCUT2D eigenvalue weighted by molar-refractivity contribution is 5.81. The van der Waals surface area contributed by atoms with E-state index >= 15 is 0 Å². The maximum absolute atomic E-state index is 12.0. The largest absolute Gasteiger partial charge is 0.341 e. The molecule has 2 N–H and O–H groups in total. The second-order valence-corrected chi connectivity index (χ2v) is 6.04. The van der Waals surface area contributed by atoms with E-state index in [2.05, 4.69) is 35.2 Å². The van der Waals surface area contributed by atoms with Gasteiger partial charge in [0, 0.05) is 26.2 Å². The van der Waals surface area contributed by atoms with Gasteiger partial charge in [-0.1, -0.05) is 30.3 Å². The first-order valence-corrected chi connectivity index (χ1v) is 7.90. The summed E-state index contributed by atoms with van der Waals surface area (Å²) in [5, 5.41) is 0. The molecule has 1 saturated heterocycles. The number of hydrogen-bond donors (Lipinski definition) is 1. The average molecular weight is 289 g/mol. The summed E-state index contributed by atoms with van der Waals surface area (Å²) in [7, 11) is 0. The number of hydrogen-bond acceptors (Lipinski definition) is 3. The van der Waals surface area contributed by atoms with Crippen molar-refractivity contribution in [2.24, 2.45) is 11.7 Å². The summed E-state index contributed by atoms with van der Waals surface area (Å²) in [6, 6.07) is 10.2. The van der Waals surface area contributed by atoms with Crippen LogP contribution >= 0.6 is 0 Å². The standard InChI is InChI=1S/C17H27N3O/c1-3-20(17(21)14(2)18)13-16-9-10-19(12-16)11-15-7-5-4-6-8-15/h4-8,14,16H,3,9-13,18H2,1-2H3/t14-,16-/m0/s1. The minimum Gasteiger partial charge on any atom is -0.341 e. The first kappa shape index (κ1) is 16.0. The first-order valence-electron chi connectivity index (χ1n) is 7.90. The van der Waals surface area contributed by atoms with Crippen molar-refractivity contribution in [1.29, 1.82) is 0 Å². The molecule has 4 heteroatoms. The molecule has 116 valence electrons. The zero-order valence-corrected chi connectivity index (χ0v) is 13.2. The summed E-state index contributed by atoms with van der Waals surface area (Å²) in [5.41, 5.74) is 7.07. The highest BCUT2D eigenvalue weighted by atomic mass is 16.2. The van der Waals surface area contributed by atoms with E-state index in [4.69, 9.17) is 5.73 Å². The second kappa shape index (κ2) is 7.57. The van der Waals surface area contributed by atoms with Crippen LogP contribution in [0.3, 0.4) is 0 Å². The van der Waals surface area contributed by atoms with Gasteiger partial charge in [-0.3, -0.25) is 9.69 Å². The molecular weight excluding hydrogens is 262 g/mol. The minimum atomic E-state index is -0.397. The van der Waals surface area contributed by atoms with E-state index in [0.29, 0.717) is 5.92 Å². The van der Waals surface area contributed by atoms with Gasteiger partial charge < -0.3 is 10.6 Å². The van der Waals surface area contributed by atoms with Gasteiger partial charge in [-0.25, -0.2) is 0 Å². The summed E-state index contributed by atoms with van der Waals surface area (Å²) in [5.74, 6) is 0.635. The fourth-order valence-electron chi connectivity index (χ4n) is 3.02. The van der Waals surface area contributed by atoms with Crippen molar-refractivity contribution in [3.05, 3.63) is 35.9 Å². The predicted molar refractivity (Wildman–Crippen MR) is 85.7 cm³/mol. The average Bonchev–Trinajstić information content (AvgIpc) is 2.92. The molecule has 1 fully saturated rings. The van der Waals surface area contributed by atoms with Gasteiger partial charge in [-0.2, -0.15) is 0 Å². The monoisotopic (exact) mass is 289 g/mol. The van der Waals surface area contributed by atoms with E-state index < -0.39 is 6.04 Å². The van der Waals surface area contributed by atoms with Gasteiger partial charge in [0.15, 0.2) is 0 Å². The van der Waals surface area contributed by atoms with Gasteiger partial charge in [0.1, 0.15) is 0 Å². The van der Waals surface area contributed by atoms with Crippen molar-refractivity contribution < 1.29 is 4.79 Å². The van der Waals surface area contributed by atoms with Crippen LogP contribution in [0.5, 0.6) is 0 Å². The molecule has 1 heterocycles. The Morgan fingerprint density at radius 3 is 2.76 bits per heavy atom. The number of carbonyl (C=O) groups is 1. The van der Waals surface area contributed by atoms with Crippen molar-refractivity contribution in [2.45, 2.75) is 32.9 Å². The lowest BCUT2D eigenvalue weighted by atomic mass is 10.1. The first-order chi connectivity index (χ1) is 10.1. The zero-order chi connectivity index (χ0) is 15.2. The second-order valence-electron chi connectivity index (χ2n) is 6.04. The molecule has 0 unspecified atom stereocenters. The normalized spacial score (nSPS) is 20.4. The van der Waals surface area contributed by atoms with Crippen molar-refractivity contribution in [2.75, 3.05) is 26.2 Å². The number of benzene rings is 1. The van der Waals surface area contributed by atoms with E-state index in [-0.39, 0.29) is 5.91 Å². The lowest BCUT2D eigenvalue weighted by Gasteiger charge is -2.26. The van der Waals surface area contributed by atoms with Crippen LogP contribution in [0.4, 0.5) is 0 Å². The van der Waals surface area contributed by atoms with E-state index in [9.17, 15) is 4.79 Å². The Hall–Kier alpha value is -1.39. The third-order valence-electron chi connectivity index (χ3n) is 4.18. The molecule has 0 aromatic heterocycles. The van der Waals surface area contributed by atoms with Crippen LogP contribution in [0.2, 0.25) is 0 Å². The highest BCUT2D eigenvalue weighted by Gasteiger charge is 2.26. The van der Waals surface area contributed by atoms with Gasteiger partial charge in [-0.05, 0) is 38.3 Å². The van der Waals surface area contributed by atoms with Gasteiger partial charge in [0.25, 0.3) is 0 Å². The third-order valence-corrected chi connectivity index (χ3v) is 4.18. The van der Waals surface area contributed by atoms with Crippen LogP contribution in [0.15, 0.2) is 30.3 Å². The lowest BCUT2D eigenvalue weighted by molar-refractivity contribution is -0.132. The molecule has 4 nitrogen and oxygen atoms in total. The van der Waals surface area contributed by atoms with Crippen molar-refractivity contribution in [3.8, 4) is 0 Å². The molecular formula is C17H27N3O. The maximum Gasteiger partial charge on any atom is 0.239 e. The summed E-state index contributed by atoms with van der Waals surface area (Å²) in [4.78, 5) is 16.4. The Labute approximate surface area is 127 Å². The van der Waals surface area contributed by atoms with Crippen LogP contribution in [0, 0.1) is 5.92 Å². The van der Waals surface area contributed by atoms with Gasteiger partial charge in [0.05, 0.1) is 6.04 Å². The molecule has 1 aromatic carbocycles. The topological polar surface area (TPSA) is 49.6 Å². The number of rotatable bonds is 6. The number of likely N-dealkylation sites (tertiary alicyclic amines) is 1. The molecule has 1 aliphatic rings. The third kappa shape index (κ3) is 4.55. The van der Waals surface area contributed by atoms with Gasteiger partial charge in [-0.15, -0.1) is 0 Å². The maximum atomic E-state index is 12.0. The van der Waals surface area contributed by atoms with E-state index in [0.717, 1.165) is 39.1 Å². The molecule has 0 bridgehead atoms. The molecule has 1 aliphatic heterocycles. The van der Waals surface area contributed by atoms with Crippen molar-refractivity contribution in [3.63, 3.8) is 0 Å². The van der Waals surface area contributed by atoms with Gasteiger partial charge >= 0.3 is 0 Å². The van der Waals surface area contributed by atoms with Crippen LogP contribution in [-0.4, -0.2) is 47.9 Å². The fourth-order valence-corrected chi connectivity index (χ4v) is 3.02. The quantitative estimate of drug-likeness (QED) is 0.867. The number of amides is 1. The van der Waals surface area contributed by atoms with E-state index in [1.54, 1.807) is 6.92 Å². The lowest BCUT2D eigenvalue weighted by Crippen LogP contribution is -2.44. The molecule has 2 rings (SSSR count). The summed E-state index contributed by atoms with van der Waals surface area (Å²) in [6.45, 7) is 8.56. The molecule has 0 radical (unpaired) electrons. The van der Waals surface area contributed by atoms with Crippen LogP contribution in [0.25, 0.3) is 0 Å². The molecule has 2 atom stereocenters. The summed E-state index contributed by atoms with van der Waals surface area (Å²) >= 11 is 0. The van der Waals surface area contributed by atoms with E-state index in [1.807, 2.05) is 11.8 Å². The Balaban J connectivity index is 1.83. The summed E-state index contributed by atoms with van der Waals surface area (Å²) in [6.07, 6.45) is 1.16. The molecule has 1 aromatic rings. The number of nitrogens with two attached hydrogens (primary N) is 1. The Morgan fingerprint density at radius 1 is 1.43 bits per heavy atom.